The van der Waals surface area contributed by atoms with Gasteiger partial charge < -0.3 is 10.2 Å². The van der Waals surface area contributed by atoms with Gasteiger partial charge in [0.05, 0.1) is 11.4 Å². The zero-order chi connectivity index (χ0) is 20.1. The minimum atomic E-state index is -0.191. The summed E-state index contributed by atoms with van der Waals surface area (Å²) in [6.45, 7) is 1.93. The molecule has 29 heavy (non-hydrogen) atoms. The molecule has 0 aliphatic carbocycles. The third-order valence-electron chi connectivity index (χ3n) is 5.01. The number of hydrogen-bond donors (Lipinski definition) is 1. The molecule has 5 nitrogen and oxygen atoms in total. The number of hydrogen-bond acceptors (Lipinski definition) is 2. The molecule has 3 amide bonds. The third kappa shape index (κ3) is 4.29. The van der Waals surface area contributed by atoms with Crippen molar-refractivity contribution in [3.05, 3.63) is 96.1 Å². The first-order valence-corrected chi connectivity index (χ1v) is 9.78. The molecule has 3 aromatic carbocycles. The maximum absolute atomic E-state index is 13.2. The van der Waals surface area contributed by atoms with E-state index in [0.29, 0.717) is 24.3 Å². The van der Waals surface area contributed by atoms with E-state index < -0.39 is 0 Å². The summed E-state index contributed by atoms with van der Waals surface area (Å²) in [5.41, 5.74) is 3.04. The number of anilines is 2. The molecule has 146 valence electrons. The van der Waals surface area contributed by atoms with E-state index in [1.165, 1.54) is 0 Å². The molecule has 1 saturated heterocycles. The third-order valence-corrected chi connectivity index (χ3v) is 5.01. The van der Waals surface area contributed by atoms with Gasteiger partial charge in [0.15, 0.2) is 0 Å². The molecule has 1 aliphatic rings. The van der Waals surface area contributed by atoms with Gasteiger partial charge in [-0.15, -0.1) is 0 Å². The molecular formula is C24H23N3O2. The van der Waals surface area contributed by atoms with Crippen LogP contribution in [0.25, 0.3) is 0 Å². The maximum atomic E-state index is 13.2. The molecule has 0 atom stereocenters. The lowest BCUT2D eigenvalue weighted by molar-refractivity contribution is 0.102. The first-order valence-electron chi connectivity index (χ1n) is 9.78. The van der Waals surface area contributed by atoms with Crippen molar-refractivity contribution in [2.45, 2.75) is 13.0 Å². The van der Waals surface area contributed by atoms with E-state index in [1.807, 2.05) is 77.7 Å². The first-order chi connectivity index (χ1) is 14.2. The number of nitrogens with one attached hydrogen (secondary N) is 1. The smallest absolute Gasteiger partial charge is 0.320 e. The Hall–Kier alpha value is -3.60. The monoisotopic (exact) mass is 385 g/mol. The van der Waals surface area contributed by atoms with Gasteiger partial charge >= 0.3 is 6.03 Å². The second-order valence-corrected chi connectivity index (χ2v) is 7.03. The van der Waals surface area contributed by atoms with Gasteiger partial charge in [0.1, 0.15) is 0 Å². The van der Waals surface area contributed by atoms with Crippen LogP contribution in [0.15, 0.2) is 84.9 Å². The van der Waals surface area contributed by atoms with Crippen molar-refractivity contribution in [3.8, 4) is 0 Å². The molecule has 0 spiro atoms. The van der Waals surface area contributed by atoms with Crippen molar-refractivity contribution in [3.63, 3.8) is 0 Å². The molecule has 1 fully saturated rings. The van der Waals surface area contributed by atoms with E-state index >= 15 is 0 Å². The molecule has 1 heterocycles. The molecule has 5 heteroatoms. The number of rotatable bonds is 5. The van der Waals surface area contributed by atoms with Crippen LogP contribution >= 0.6 is 0 Å². The quantitative estimate of drug-likeness (QED) is 0.688. The average Bonchev–Trinajstić information content (AvgIpc) is 2.77. The molecule has 0 aromatic heterocycles. The minimum Gasteiger partial charge on any atom is -0.320 e. The Morgan fingerprint density at radius 1 is 0.828 bits per heavy atom. The number of carbonyl (C=O) groups excluding carboxylic acids is 2. The molecule has 0 radical (unpaired) electrons. The number of amides is 3. The minimum absolute atomic E-state index is 0.0403. The Morgan fingerprint density at radius 3 is 2.24 bits per heavy atom. The van der Waals surface area contributed by atoms with Crippen molar-refractivity contribution in [1.29, 1.82) is 0 Å². The Balaban J connectivity index is 1.55. The zero-order valence-corrected chi connectivity index (χ0v) is 16.1. The summed E-state index contributed by atoms with van der Waals surface area (Å²) in [6.07, 6.45) is 0.875. The number of benzene rings is 3. The maximum Gasteiger partial charge on any atom is 0.324 e. The highest BCUT2D eigenvalue weighted by Crippen LogP contribution is 2.29. The van der Waals surface area contributed by atoms with Gasteiger partial charge in [0, 0.05) is 25.2 Å². The predicted octanol–water partition coefficient (Wildman–Crippen LogP) is 4.77. The standard InChI is InChI=1S/C24H23N3O2/c28-23(20-12-5-2-6-13-20)25-21-14-7-8-15-22(21)27-17-9-16-26(24(27)29)18-19-10-3-1-4-11-19/h1-8,10-15H,9,16-18H2,(H,25,28). The molecule has 0 saturated carbocycles. The zero-order valence-electron chi connectivity index (χ0n) is 16.1. The van der Waals surface area contributed by atoms with E-state index in [9.17, 15) is 9.59 Å². The van der Waals surface area contributed by atoms with Crippen LogP contribution in [0.1, 0.15) is 22.3 Å². The molecule has 4 rings (SSSR count). The van der Waals surface area contributed by atoms with Gasteiger partial charge in [-0.2, -0.15) is 0 Å². The molecule has 1 N–H and O–H groups in total. The molecular weight excluding hydrogens is 362 g/mol. The van der Waals surface area contributed by atoms with E-state index in [1.54, 1.807) is 17.0 Å². The lowest BCUT2D eigenvalue weighted by atomic mass is 10.1. The van der Waals surface area contributed by atoms with Crippen LogP contribution in [0.5, 0.6) is 0 Å². The topological polar surface area (TPSA) is 52.7 Å². The van der Waals surface area contributed by atoms with E-state index in [4.69, 9.17) is 0 Å². The van der Waals surface area contributed by atoms with E-state index in [-0.39, 0.29) is 11.9 Å². The molecule has 0 bridgehead atoms. The SMILES string of the molecule is O=C(Nc1ccccc1N1CCCN(Cc2ccccc2)C1=O)c1ccccc1. The molecule has 3 aromatic rings. The summed E-state index contributed by atoms with van der Waals surface area (Å²) < 4.78 is 0. The van der Waals surface area contributed by atoms with Gasteiger partial charge in [-0.25, -0.2) is 4.79 Å². The fourth-order valence-corrected chi connectivity index (χ4v) is 3.55. The number of nitrogens with zero attached hydrogens (tertiary/aromatic N) is 2. The highest BCUT2D eigenvalue weighted by Gasteiger charge is 2.28. The molecule has 0 unspecified atom stereocenters. The van der Waals surface area contributed by atoms with Crippen LogP contribution in [0, 0.1) is 0 Å². The van der Waals surface area contributed by atoms with Crippen LogP contribution in [-0.4, -0.2) is 29.9 Å². The lowest BCUT2D eigenvalue weighted by Gasteiger charge is -2.36. The van der Waals surface area contributed by atoms with Gasteiger partial charge in [0.2, 0.25) is 0 Å². The van der Waals surface area contributed by atoms with Crippen LogP contribution in [0.4, 0.5) is 16.2 Å². The second kappa shape index (κ2) is 8.61. The average molecular weight is 385 g/mol. The van der Waals surface area contributed by atoms with Crippen molar-refractivity contribution in [2.75, 3.05) is 23.3 Å². The summed E-state index contributed by atoms with van der Waals surface area (Å²) in [5, 5.41) is 2.96. The van der Waals surface area contributed by atoms with Crippen LogP contribution in [0.2, 0.25) is 0 Å². The Bertz CT molecular complexity index is 989. The fraction of sp³-hybridized carbons (Fsp3) is 0.167. The Labute approximate surface area is 170 Å². The van der Waals surface area contributed by atoms with Gasteiger partial charge in [-0.05, 0) is 36.2 Å². The lowest BCUT2D eigenvalue weighted by Crippen LogP contribution is -2.49. The van der Waals surface area contributed by atoms with Crippen molar-refractivity contribution < 1.29 is 9.59 Å². The predicted molar refractivity (Wildman–Crippen MR) is 115 cm³/mol. The van der Waals surface area contributed by atoms with Gasteiger partial charge in [-0.1, -0.05) is 60.7 Å². The first kappa shape index (κ1) is 18.7. The summed E-state index contributed by atoms with van der Waals surface area (Å²) in [5.74, 6) is -0.191. The summed E-state index contributed by atoms with van der Waals surface area (Å²) in [6, 6.07) is 26.5. The van der Waals surface area contributed by atoms with Crippen molar-refractivity contribution in [1.82, 2.24) is 4.90 Å². The van der Waals surface area contributed by atoms with Gasteiger partial charge in [-0.3, -0.25) is 9.69 Å². The van der Waals surface area contributed by atoms with Crippen molar-refractivity contribution in [2.24, 2.45) is 0 Å². The number of urea groups is 1. The van der Waals surface area contributed by atoms with E-state index in [0.717, 1.165) is 24.2 Å². The van der Waals surface area contributed by atoms with Crippen LogP contribution in [0.3, 0.4) is 0 Å². The highest BCUT2D eigenvalue weighted by atomic mass is 16.2. The van der Waals surface area contributed by atoms with Crippen LogP contribution in [-0.2, 0) is 6.54 Å². The Kier molecular flexibility index (Phi) is 5.56. The molecule has 1 aliphatic heterocycles. The van der Waals surface area contributed by atoms with Gasteiger partial charge in [0.25, 0.3) is 5.91 Å². The fourth-order valence-electron chi connectivity index (χ4n) is 3.55. The summed E-state index contributed by atoms with van der Waals surface area (Å²) >= 11 is 0. The highest BCUT2D eigenvalue weighted by molar-refractivity contribution is 6.07. The second-order valence-electron chi connectivity index (χ2n) is 7.03. The largest absolute Gasteiger partial charge is 0.324 e. The van der Waals surface area contributed by atoms with Crippen LogP contribution < -0.4 is 10.2 Å². The number of para-hydroxylation sites is 2. The normalized spacial score (nSPS) is 14.0. The Morgan fingerprint density at radius 2 is 1.48 bits per heavy atom. The number of carbonyl (C=O) groups is 2. The summed E-state index contributed by atoms with van der Waals surface area (Å²) in [7, 11) is 0. The summed E-state index contributed by atoms with van der Waals surface area (Å²) in [4.78, 5) is 29.4. The van der Waals surface area contributed by atoms with Crippen molar-refractivity contribution >= 4 is 23.3 Å². The van der Waals surface area contributed by atoms with E-state index in [2.05, 4.69) is 5.32 Å².